The van der Waals surface area contributed by atoms with E-state index < -0.39 is 0 Å². The molecule has 0 saturated carbocycles. The fourth-order valence-corrected chi connectivity index (χ4v) is 3.11. The summed E-state index contributed by atoms with van der Waals surface area (Å²) in [5.74, 6) is 0.872. The first-order chi connectivity index (χ1) is 14.1. The maximum Gasteiger partial charge on any atom is 0.248 e. The van der Waals surface area contributed by atoms with Gasteiger partial charge in [-0.2, -0.15) is 0 Å². The van der Waals surface area contributed by atoms with Gasteiger partial charge in [0.1, 0.15) is 6.61 Å². The molecule has 0 atom stereocenters. The minimum absolute atomic E-state index is 0.212. The molecule has 0 spiro atoms. The van der Waals surface area contributed by atoms with E-state index in [9.17, 15) is 4.79 Å². The van der Waals surface area contributed by atoms with Crippen LogP contribution in [0.1, 0.15) is 11.1 Å². The standard InChI is InChI=1S/C23H19Cl2NO3/c1-28-22-14-16(11-13-23(27)26-17-6-3-2-4-7-17)10-12-21(22)29-15-18-19(24)8-5-9-20(18)25/h2-14H,15H2,1H3,(H,26,27)/b13-11+. The molecule has 0 aliphatic rings. The Balaban J connectivity index is 1.67. The number of benzene rings is 3. The molecule has 0 radical (unpaired) electrons. The molecule has 1 amide bonds. The summed E-state index contributed by atoms with van der Waals surface area (Å²) in [6.07, 6.45) is 3.17. The number of rotatable bonds is 7. The van der Waals surface area contributed by atoms with Crippen molar-refractivity contribution in [2.24, 2.45) is 0 Å². The Morgan fingerprint density at radius 2 is 1.69 bits per heavy atom. The maximum atomic E-state index is 12.1. The second-order valence-corrected chi connectivity index (χ2v) is 6.90. The molecule has 0 aromatic heterocycles. The number of anilines is 1. The quantitative estimate of drug-likeness (QED) is 0.454. The zero-order valence-electron chi connectivity index (χ0n) is 15.7. The average molecular weight is 428 g/mol. The normalized spacial score (nSPS) is 10.7. The zero-order chi connectivity index (χ0) is 20.6. The summed E-state index contributed by atoms with van der Waals surface area (Å²) < 4.78 is 11.3. The van der Waals surface area contributed by atoms with Crippen LogP contribution in [0.2, 0.25) is 10.0 Å². The highest BCUT2D eigenvalue weighted by Gasteiger charge is 2.10. The number of amides is 1. The van der Waals surface area contributed by atoms with Gasteiger partial charge in [0.15, 0.2) is 11.5 Å². The Bertz CT molecular complexity index is 1000. The van der Waals surface area contributed by atoms with Gasteiger partial charge in [-0.15, -0.1) is 0 Å². The third-order valence-electron chi connectivity index (χ3n) is 4.09. The Labute approximate surface area is 179 Å². The molecule has 148 valence electrons. The Morgan fingerprint density at radius 1 is 0.966 bits per heavy atom. The Hall–Kier alpha value is -2.95. The van der Waals surface area contributed by atoms with Gasteiger partial charge in [0.25, 0.3) is 0 Å². The highest BCUT2D eigenvalue weighted by Crippen LogP contribution is 2.31. The van der Waals surface area contributed by atoms with Gasteiger partial charge < -0.3 is 14.8 Å². The first kappa shape index (κ1) is 20.8. The van der Waals surface area contributed by atoms with E-state index in [1.807, 2.05) is 36.4 Å². The number of nitrogens with one attached hydrogen (secondary N) is 1. The third kappa shape index (κ3) is 5.76. The van der Waals surface area contributed by atoms with Crippen molar-refractivity contribution < 1.29 is 14.3 Å². The molecule has 0 aliphatic heterocycles. The maximum absolute atomic E-state index is 12.1. The minimum Gasteiger partial charge on any atom is -0.493 e. The molecule has 1 N–H and O–H groups in total. The lowest BCUT2D eigenvalue weighted by Gasteiger charge is -2.13. The monoisotopic (exact) mass is 427 g/mol. The van der Waals surface area contributed by atoms with Gasteiger partial charge in [-0.05, 0) is 48.0 Å². The van der Waals surface area contributed by atoms with Crippen LogP contribution in [0.4, 0.5) is 5.69 Å². The summed E-state index contributed by atoms with van der Waals surface area (Å²) in [6, 6.07) is 20.0. The molecule has 0 unspecified atom stereocenters. The van der Waals surface area contributed by atoms with Gasteiger partial charge in [-0.25, -0.2) is 0 Å². The van der Waals surface area contributed by atoms with Crippen LogP contribution in [0.15, 0.2) is 72.8 Å². The molecule has 0 saturated heterocycles. The highest BCUT2D eigenvalue weighted by molar-refractivity contribution is 6.35. The van der Waals surface area contributed by atoms with Crippen molar-refractivity contribution in [1.29, 1.82) is 0 Å². The van der Waals surface area contributed by atoms with Crippen molar-refractivity contribution >= 4 is 40.9 Å². The SMILES string of the molecule is COc1cc(/C=C/C(=O)Nc2ccccc2)ccc1OCc1c(Cl)cccc1Cl. The number of halogens is 2. The van der Waals surface area contributed by atoms with Crippen LogP contribution in [0.5, 0.6) is 11.5 Å². The number of methoxy groups -OCH3 is 1. The third-order valence-corrected chi connectivity index (χ3v) is 4.80. The molecular weight excluding hydrogens is 409 g/mol. The van der Waals surface area contributed by atoms with E-state index in [1.54, 1.807) is 43.5 Å². The molecule has 29 heavy (non-hydrogen) atoms. The van der Waals surface area contributed by atoms with Crippen molar-refractivity contribution in [2.75, 3.05) is 12.4 Å². The van der Waals surface area contributed by atoms with Gasteiger partial charge >= 0.3 is 0 Å². The van der Waals surface area contributed by atoms with E-state index in [4.69, 9.17) is 32.7 Å². The summed E-state index contributed by atoms with van der Waals surface area (Å²) in [4.78, 5) is 12.1. The lowest BCUT2D eigenvalue weighted by molar-refractivity contribution is -0.111. The van der Waals surface area contributed by atoms with Crippen LogP contribution in [0.25, 0.3) is 6.08 Å². The number of carbonyl (C=O) groups excluding carboxylic acids is 1. The van der Waals surface area contributed by atoms with Gasteiger partial charge in [-0.3, -0.25) is 4.79 Å². The van der Waals surface area contributed by atoms with E-state index in [1.165, 1.54) is 6.08 Å². The number of hydrogen-bond donors (Lipinski definition) is 1. The predicted molar refractivity (Wildman–Crippen MR) is 118 cm³/mol. The summed E-state index contributed by atoms with van der Waals surface area (Å²) in [6.45, 7) is 0.212. The van der Waals surface area contributed by atoms with Crippen LogP contribution in [0, 0.1) is 0 Å². The van der Waals surface area contributed by atoms with Crippen LogP contribution in [-0.4, -0.2) is 13.0 Å². The number of ether oxygens (including phenoxy) is 2. The largest absolute Gasteiger partial charge is 0.493 e. The second-order valence-electron chi connectivity index (χ2n) is 6.09. The minimum atomic E-state index is -0.219. The molecule has 6 heteroatoms. The molecule has 0 aliphatic carbocycles. The lowest BCUT2D eigenvalue weighted by atomic mass is 10.2. The van der Waals surface area contributed by atoms with Crippen LogP contribution >= 0.6 is 23.2 Å². The molecular formula is C23H19Cl2NO3. The number of hydrogen-bond acceptors (Lipinski definition) is 3. The molecule has 4 nitrogen and oxygen atoms in total. The summed E-state index contributed by atoms with van der Waals surface area (Å²) in [5, 5.41) is 3.88. The van der Waals surface area contributed by atoms with Crippen molar-refractivity contribution in [3.8, 4) is 11.5 Å². The first-order valence-electron chi connectivity index (χ1n) is 8.84. The van der Waals surface area contributed by atoms with Crippen LogP contribution in [0.3, 0.4) is 0 Å². The number of para-hydroxylation sites is 1. The molecule has 3 aromatic rings. The molecule has 3 rings (SSSR count). The van der Waals surface area contributed by atoms with Crippen LogP contribution < -0.4 is 14.8 Å². The van der Waals surface area contributed by atoms with E-state index in [-0.39, 0.29) is 12.5 Å². The van der Waals surface area contributed by atoms with Crippen molar-refractivity contribution in [3.63, 3.8) is 0 Å². The fourth-order valence-electron chi connectivity index (χ4n) is 2.60. The van der Waals surface area contributed by atoms with E-state index >= 15 is 0 Å². The Morgan fingerprint density at radius 3 is 2.38 bits per heavy atom. The van der Waals surface area contributed by atoms with Gasteiger partial charge in [-0.1, -0.05) is 53.5 Å². The van der Waals surface area contributed by atoms with Crippen molar-refractivity contribution in [3.05, 3.63) is 94.0 Å². The molecule has 0 fully saturated rings. The molecule has 0 bridgehead atoms. The number of carbonyl (C=O) groups is 1. The average Bonchev–Trinajstić information content (AvgIpc) is 2.73. The van der Waals surface area contributed by atoms with Crippen molar-refractivity contribution in [2.45, 2.75) is 6.61 Å². The summed E-state index contributed by atoms with van der Waals surface area (Å²) in [5.41, 5.74) is 2.24. The highest BCUT2D eigenvalue weighted by atomic mass is 35.5. The molecule has 0 heterocycles. The smallest absolute Gasteiger partial charge is 0.248 e. The molecule has 3 aromatic carbocycles. The predicted octanol–water partition coefficient (Wildman–Crippen LogP) is 6.23. The fraction of sp³-hybridized carbons (Fsp3) is 0.0870. The summed E-state index contributed by atoms with van der Waals surface area (Å²) >= 11 is 12.4. The van der Waals surface area contributed by atoms with E-state index in [0.717, 1.165) is 11.3 Å². The zero-order valence-corrected chi connectivity index (χ0v) is 17.2. The van der Waals surface area contributed by atoms with E-state index in [2.05, 4.69) is 5.32 Å². The second kappa shape index (κ2) is 10.0. The van der Waals surface area contributed by atoms with E-state index in [0.29, 0.717) is 27.1 Å². The van der Waals surface area contributed by atoms with Crippen molar-refractivity contribution in [1.82, 2.24) is 0 Å². The van der Waals surface area contributed by atoms with Gasteiger partial charge in [0.2, 0.25) is 5.91 Å². The first-order valence-corrected chi connectivity index (χ1v) is 9.60. The Kier molecular flexibility index (Phi) is 7.17. The van der Waals surface area contributed by atoms with Gasteiger partial charge in [0, 0.05) is 27.4 Å². The lowest BCUT2D eigenvalue weighted by Crippen LogP contribution is -2.07. The summed E-state index contributed by atoms with van der Waals surface area (Å²) in [7, 11) is 1.56. The van der Waals surface area contributed by atoms with Crippen LogP contribution in [-0.2, 0) is 11.4 Å². The van der Waals surface area contributed by atoms with Gasteiger partial charge in [0.05, 0.1) is 7.11 Å². The topological polar surface area (TPSA) is 47.6 Å².